The van der Waals surface area contributed by atoms with Crippen LogP contribution in [0.2, 0.25) is 5.02 Å². The van der Waals surface area contributed by atoms with E-state index in [-0.39, 0.29) is 0 Å². The van der Waals surface area contributed by atoms with Crippen molar-refractivity contribution < 1.29 is 0 Å². The number of anilines is 1. The Morgan fingerprint density at radius 1 is 1.35 bits per heavy atom. The predicted octanol–water partition coefficient (Wildman–Crippen LogP) is 4.46. The van der Waals surface area contributed by atoms with Crippen LogP contribution in [0, 0.1) is 5.92 Å². The Kier molecular flexibility index (Phi) is 5.74. The van der Waals surface area contributed by atoms with Crippen LogP contribution in [0.15, 0.2) is 18.2 Å². The molecule has 2 nitrogen and oxygen atoms in total. The second-order valence-corrected chi connectivity index (χ2v) is 6.40. The molecular formula is C17H27ClN2. The van der Waals surface area contributed by atoms with E-state index in [2.05, 4.69) is 49.2 Å². The lowest BCUT2D eigenvalue weighted by atomic mass is 10.1. The van der Waals surface area contributed by atoms with Gasteiger partial charge < -0.3 is 10.2 Å². The van der Waals surface area contributed by atoms with Gasteiger partial charge in [0.15, 0.2) is 0 Å². The molecule has 1 aliphatic carbocycles. The molecule has 1 unspecified atom stereocenters. The fourth-order valence-electron chi connectivity index (χ4n) is 2.37. The summed E-state index contributed by atoms with van der Waals surface area (Å²) >= 11 is 6.49. The molecule has 1 saturated carbocycles. The van der Waals surface area contributed by atoms with E-state index in [1.165, 1.54) is 30.5 Å². The van der Waals surface area contributed by atoms with Crippen molar-refractivity contribution >= 4 is 17.3 Å². The van der Waals surface area contributed by atoms with Gasteiger partial charge in [0.05, 0.1) is 10.7 Å². The van der Waals surface area contributed by atoms with E-state index < -0.39 is 0 Å². The second kappa shape index (κ2) is 7.33. The quantitative estimate of drug-likeness (QED) is 0.761. The Morgan fingerprint density at radius 2 is 2.10 bits per heavy atom. The van der Waals surface area contributed by atoms with Gasteiger partial charge in [-0.2, -0.15) is 0 Å². The maximum absolute atomic E-state index is 6.49. The van der Waals surface area contributed by atoms with Gasteiger partial charge in [0.2, 0.25) is 0 Å². The minimum atomic E-state index is 0.697. The van der Waals surface area contributed by atoms with Crippen LogP contribution >= 0.6 is 11.6 Å². The highest BCUT2D eigenvalue weighted by molar-refractivity contribution is 6.33. The van der Waals surface area contributed by atoms with Crippen molar-refractivity contribution in [2.24, 2.45) is 5.92 Å². The van der Waals surface area contributed by atoms with E-state index in [0.717, 1.165) is 30.7 Å². The Labute approximate surface area is 128 Å². The Balaban J connectivity index is 2.01. The fourth-order valence-corrected chi connectivity index (χ4v) is 2.69. The molecule has 112 valence electrons. The molecule has 1 aromatic rings. The smallest absolute Gasteiger partial charge is 0.0642 e. The minimum Gasteiger partial charge on any atom is -0.370 e. The molecule has 0 spiro atoms. The van der Waals surface area contributed by atoms with Gasteiger partial charge in [0.25, 0.3) is 0 Å². The first-order valence-corrected chi connectivity index (χ1v) is 8.28. The molecule has 1 aromatic carbocycles. The van der Waals surface area contributed by atoms with Crippen LogP contribution < -0.4 is 10.2 Å². The molecular weight excluding hydrogens is 268 g/mol. The number of nitrogens with zero attached hydrogens (tertiary/aromatic N) is 1. The van der Waals surface area contributed by atoms with Crippen molar-refractivity contribution in [1.29, 1.82) is 0 Å². The molecule has 1 atom stereocenters. The van der Waals surface area contributed by atoms with Crippen LogP contribution in [-0.2, 0) is 6.54 Å². The maximum atomic E-state index is 6.49. The van der Waals surface area contributed by atoms with E-state index in [1.54, 1.807) is 0 Å². The molecule has 3 heteroatoms. The molecule has 2 rings (SSSR count). The average Bonchev–Trinajstić information content (AvgIpc) is 3.27. The van der Waals surface area contributed by atoms with Crippen molar-refractivity contribution in [3.63, 3.8) is 0 Å². The van der Waals surface area contributed by atoms with Gasteiger partial charge in [0, 0.05) is 25.7 Å². The lowest BCUT2D eigenvalue weighted by molar-refractivity contribution is 0.548. The summed E-state index contributed by atoms with van der Waals surface area (Å²) < 4.78 is 0. The average molecular weight is 295 g/mol. The van der Waals surface area contributed by atoms with Crippen LogP contribution in [0.5, 0.6) is 0 Å². The summed E-state index contributed by atoms with van der Waals surface area (Å²) in [5.41, 5.74) is 2.45. The van der Waals surface area contributed by atoms with Gasteiger partial charge in [-0.25, -0.2) is 0 Å². The van der Waals surface area contributed by atoms with Gasteiger partial charge in [-0.3, -0.25) is 0 Å². The summed E-state index contributed by atoms with van der Waals surface area (Å²) in [7, 11) is 0. The number of benzene rings is 1. The van der Waals surface area contributed by atoms with E-state index in [4.69, 9.17) is 11.6 Å². The fraction of sp³-hybridized carbons (Fsp3) is 0.647. The second-order valence-electron chi connectivity index (χ2n) is 5.99. The van der Waals surface area contributed by atoms with Gasteiger partial charge >= 0.3 is 0 Å². The van der Waals surface area contributed by atoms with Crippen LogP contribution in [-0.4, -0.2) is 19.1 Å². The molecule has 0 amide bonds. The van der Waals surface area contributed by atoms with E-state index in [1.807, 2.05) is 0 Å². The minimum absolute atomic E-state index is 0.697. The topological polar surface area (TPSA) is 15.3 Å². The summed E-state index contributed by atoms with van der Waals surface area (Å²) in [5, 5.41) is 4.41. The number of hydrogen-bond acceptors (Lipinski definition) is 2. The van der Waals surface area contributed by atoms with Crippen LogP contribution in [0.4, 0.5) is 5.69 Å². The normalized spacial score (nSPS) is 16.2. The molecule has 0 saturated heterocycles. The van der Waals surface area contributed by atoms with Crippen molar-refractivity contribution in [1.82, 2.24) is 5.32 Å². The van der Waals surface area contributed by atoms with Crippen LogP contribution in [0.3, 0.4) is 0 Å². The largest absolute Gasteiger partial charge is 0.370 e. The molecule has 0 aliphatic heterocycles. The van der Waals surface area contributed by atoms with Crippen LogP contribution in [0.25, 0.3) is 0 Å². The lowest BCUT2D eigenvalue weighted by Crippen LogP contribution is -2.28. The maximum Gasteiger partial charge on any atom is 0.0642 e. The zero-order valence-corrected chi connectivity index (χ0v) is 13.7. The van der Waals surface area contributed by atoms with Crippen LogP contribution in [0.1, 0.15) is 45.6 Å². The zero-order chi connectivity index (χ0) is 14.5. The third-order valence-corrected chi connectivity index (χ3v) is 4.44. The van der Waals surface area contributed by atoms with Crippen molar-refractivity contribution in [2.75, 3.05) is 18.0 Å². The van der Waals surface area contributed by atoms with Gasteiger partial charge in [0.1, 0.15) is 0 Å². The van der Waals surface area contributed by atoms with Gasteiger partial charge in [-0.15, -0.1) is 0 Å². The summed E-state index contributed by atoms with van der Waals surface area (Å²) in [6.07, 6.45) is 3.85. The lowest BCUT2D eigenvalue weighted by Gasteiger charge is -2.27. The monoisotopic (exact) mass is 294 g/mol. The Morgan fingerprint density at radius 3 is 2.65 bits per heavy atom. The Bertz CT molecular complexity index is 429. The number of nitrogens with one attached hydrogen (secondary N) is 1. The first-order chi connectivity index (χ1) is 9.63. The van der Waals surface area contributed by atoms with E-state index in [0.29, 0.717) is 5.92 Å². The van der Waals surface area contributed by atoms with Gasteiger partial charge in [-0.05, 0) is 43.4 Å². The molecule has 0 aromatic heterocycles. The summed E-state index contributed by atoms with van der Waals surface area (Å²) in [4.78, 5) is 2.38. The first-order valence-electron chi connectivity index (χ1n) is 7.90. The van der Waals surface area contributed by atoms with E-state index in [9.17, 15) is 0 Å². The summed E-state index contributed by atoms with van der Waals surface area (Å²) in [6, 6.07) is 7.24. The predicted molar refractivity (Wildman–Crippen MR) is 88.7 cm³/mol. The molecule has 1 aliphatic rings. The molecule has 20 heavy (non-hydrogen) atoms. The number of halogens is 1. The SMILES string of the molecule is CCC(C)CN(CC)c1ccc(CNC2CC2)cc1Cl. The highest BCUT2D eigenvalue weighted by atomic mass is 35.5. The highest BCUT2D eigenvalue weighted by Gasteiger charge is 2.20. The molecule has 0 radical (unpaired) electrons. The third-order valence-electron chi connectivity index (χ3n) is 4.14. The molecule has 1 fully saturated rings. The van der Waals surface area contributed by atoms with Crippen molar-refractivity contribution in [3.8, 4) is 0 Å². The number of rotatable bonds is 8. The first kappa shape index (κ1) is 15.7. The highest BCUT2D eigenvalue weighted by Crippen LogP contribution is 2.28. The van der Waals surface area contributed by atoms with Crippen molar-refractivity contribution in [3.05, 3.63) is 28.8 Å². The van der Waals surface area contributed by atoms with Gasteiger partial charge in [-0.1, -0.05) is 37.9 Å². The molecule has 0 heterocycles. The third kappa shape index (κ3) is 4.39. The summed E-state index contributed by atoms with van der Waals surface area (Å²) in [6.45, 7) is 9.75. The van der Waals surface area contributed by atoms with Crippen molar-refractivity contribution in [2.45, 2.75) is 52.6 Å². The molecule has 1 N–H and O–H groups in total. The Hall–Kier alpha value is -0.730. The summed E-state index contributed by atoms with van der Waals surface area (Å²) in [5.74, 6) is 0.697. The zero-order valence-electron chi connectivity index (χ0n) is 13.0. The number of hydrogen-bond donors (Lipinski definition) is 1. The standard InChI is InChI=1S/C17H27ClN2/c1-4-13(3)12-20(5-2)17-9-6-14(10-16(17)18)11-19-15-7-8-15/h6,9-10,13,15,19H,4-5,7-8,11-12H2,1-3H3. The molecule has 0 bridgehead atoms. The van der Waals surface area contributed by atoms with E-state index >= 15 is 0 Å².